The van der Waals surface area contributed by atoms with Crippen molar-refractivity contribution in [3.8, 4) is 0 Å². The van der Waals surface area contributed by atoms with Gasteiger partial charge in [0.1, 0.15) is 16.7 Å². The van der Waals surface area contributed by atoms with Crippen molar-refractivity contribution in [1.29, 1.82) is 0 Å². The van der Waals surface area contributed by atoms with Gasteiger partial charge in [-0.3, -0.25) is 0 Å². The van der Waals surface area contributed by atoms with Crippen molar-refractivity contribution in [2.24, 2.45) is 0 Å². The zero-order chi connectivity index (χ0) is 16.0. The van der Waals surface area contributed by atoms with Gasteiger partial charge in [0, 0.05) is 5.39 Å². The van der Waals surface area contributed by atoms with Gasteiger partial charge in [-0.1, -0.05) is 30.3 Å². The summed E-state index contributed by atoms with van der Waals surface area (Å²) in [6, 6.07) is 14.0. The summed E-state index contributed by atoms with van der Waals surface area (Å²) in [5.41, 5.74) is -1.15. The number of para-hydroxylation sites is 3. The molecule has 0 fully saturated rings. The number of halogens is 2. The van der Waals surface area contributed by atoms with E-state index in [0.717, 1.165) is 6.07 Å². The lowest BCUT2D eigenvalue weighted by atomic mass is 10.1. The minimum absolute atomic E-state index is 0.229. The molecule has 4 nitrogen and oxygen atoms in total. The largest absolute Gasteiger partial charge is 0.435 e. The van der Waals surface area contributed by atoms with Gasteiger partial charge >= 0.3 is 11.5 Å². The average Bonchev–Trinajstić information content (AvgIpc) is 2.99. The Labute approximate surface area is 128 Å². The van der Waals surface area contributed by atoms with E-state index < -0.39 is 23.0 Å². The molecule has 2 aromatic carbocycles. The van der Waals surface area contributed by atoms with Gasteiger partial charge in [-0.05, 0) is 24.3 Å². The van der Waals surface area contributed by atoms with Crippen molar-refractivity contribution in [1.82, 2.24) is 4.98 Å². The number of oxazole rings is 1. The maximum absolute atomic E-state index is 14.7. The first-order chi connectivity index (χ1) is 11.1. The van der Waals surface area contributed by atoms with Crippen LogP contribution in [-0.4, -0.2) is 4.98 Å². The van der Waals surface area contributed by atoms with Crippen molar-refractivity contribution in [3.63, 3.8) is 0 Å². The third-order valence-corrected chi connectivity index (χ3v) is 3.54. The van der Waals surface area contributed by atoms with Crippen LogP contribution in [0, 0.1) is 0 Å². The fourth-order valence-electron chi connectivity index (χ4n) is 2.40. The van der Waals surface area contributed by atoms with Gasteiger partial charge in [-0.25, -0.2) is 9.78 Å². The highest BCUT2D eigenvalue weighted by atomic mass is 19.3. The van der Waals surface area contributed by atoms with Crippen LogP contribution in [0.2, 0.25) is 0 Å². The quantitative estimate of drug-likeness (QED) is 0.523. The molecule has 23 heavy (non-hydrogen) atoms. The maximum Gasteiger partial charge on any atom is 0.354 e. The molecule has 2 aromatic heterocycles. The molecule has 0 saturated carbocycles. The zero-order valence-electron chi connectivity index (χ0n) is 11.6. The predicted molar refractivity (Wildman–Crippen MR) is 79.5 cm³/mol. The van der Waals surface area contributed by atoms with E-state index in [0.29, 0.717) is 10.9 Å². The van der Waals surface area contributed by atoms with E-state index in [-0.39, 0.29) is 11.2 Å². The molecule has 2 heterocycles. The standard InChI is InChI=1S/C17H9F2NO3/c18-17(19,16-20-12-6-2-4-8-14(12)23-16)11-9-10-5-1-3-7-13(10)22-15(11)21/h1-9H. The van der Waals surface area contributed by atoms with Gasteiger partial charge in [0.2, 0.25) is 0 Å². The number of benzene rings is 2. The number of nitrogens with zero attached hydrogens (tertiary/aromatic N) is 1. The fourth-order valence-corrected chi connectivity index (χ4v) is 2.40. The molecule has 0 aliphatic carbocycles. The molecule has 0 unspecified atom stereocenters. The Kier molecular flexibility index (Phi) is 2.81. The molecule has 6 heteroatoms. The second-order valence-corrected chi connectivity index (χ2v) is 5.05. The second kappa shape index (κ2) is 4.74. The Bertz CT molecular complexity index is 1050. The van der Waals surface area contributed by atoms with Gasteiger partial charge in [0.05, 0.1) is 0 Å². The van der Waals surface area contributed by atoms with Gasteiger partial charge < -0.3 is 8.83 Å². The summed E-state index contributed by atoms with van der Waals surface area (Å²) in [6.45, 7) is 0. The summed E-state index contributed by atoms with van der Waals surface area (Å²) < 4.78 is 39.5. The van der Waals surface area contributed by atoms with Crippen molar-refractivity contribution in [2.75, 3.05) is 0 Å². The lowest BCUT2D eigenvalue weighted by Gasteiger charge is -2.11. The Morgan fingerprint density at radius 1 is 0.913 bits per heavy atom. The van der Waals surface area contributed by atoms with Crippen molar-refractivity contribution in [2.45, 2.75) is 5.92 Å². The van der Waals surface area contributed by atoms with Crippen LogP contribution in [0.15, 0.2) is 68.2 Å². The normalized spacial score (nSPS) is 12.1. The molecule has 114 valence electrons. The molecule has 0 N–H and O–H groups in total. The zero-order valence-corrected chi connectivity index (χ0v) is 11.6. The number of fused-ring (bicyclic) bond motifs is 2. The first-order valence-electron chi connectivity index (χ1n) is 6.83. The smallest absolute Gasteiger partial charge is 0.354 e. The van der Waals surface area contributed by atoms with E-state index in [9.17, 15) is 13.6 Å². The molecule has 0 amide bonds. The minimum Gasteiger partial charge on any atom is -0.435 e. The molecule has 4 rings (SSSR count). The third kappa shape index (κ3) is 2.11. The summed E-state index contributed by atoms with van der Waals surface area (Å²) in [7, 11) is 0. The van der Waals surface area contributed by atoms with Crippen LogP contribution >= 0.6 is 0 Å². The topological polar surface area (TPSA) is 56.2 Å². The van der Waals surface area contributed by atoms with E-state index in [1.807, 2.05) is 0 Å². The number of hydrogen-bond acceptors (Lipinski definition) is 4. The van der Waals surface area contributed by atoms with Gasteiger partial charge in [0.25, 0.3) is 5.89 Å². The Morgan fingerprint density at radius 3 is 2.39 bits per heavy atom. The summed E-state index contributed by atoms with van der Waals surface area (Å²) in [6.07, 6.45) is 0. The predicted octanol–water partition coefficient (Wildman–Crippen LogP) is 4.07. The highest BCUT2D eigenvalue weighted by molar-refractivity contribution is 5.77. The van der Waals surface area contributed by atoms with Gasteiger partial charge in [-0.15, -0.1) is 0 Å². The van der Waals surface area contributed by atoms with E-state index in [2.05, 4.69) is 4.98 Å². The molecule has 0 spiro atoms. The van der Waals surface area contributed by atoms with Crippen LogP contribution in [0.3, 0.4) is 0 Å². The van der Waals surface area contributed by atoms with Crippen LogP contribution in [0.4, 0.5) is 8.78 Å². The number of hydrogen-bond donors (Lipinski definition) is 0. The number of alkyl halides is 2. The second-order valence-electron chi connectivity index (χ2n) is 5.05. The molecular formula is C17H9F2NO3. The minimum atomic E-state index is -3.69. The Balaban J connectivity index is 1.93. The SMILES string of the molecule is O=c1oc2ccccc2cc1C(F)(F)c1nc2ccccc2o1. The monoisotopic (exact) mass is 313 g/mol. The van der Waals surface area contributed by atoms with E-state index >= 15 is 0 Å². The van der Waals surface area contributed by atoms with Crippen molar-refractivity contribution in [3.05, 3.63) is 76.5 Å². The van der Waals surface area contributed by atoms with Crippen molar-refractivity contribution < 1.29 is 17.6 Å². The third-order valence-electron chi connectivity index (χ3n) is 3.54. The van der Waals surface area contributed by atoms with Crippen LogP contribution in [-0.2, 0) is 5.92 Å². The molecule has 0 radical (unpaired) electrons. The molecular weight excluding hydrogens is 304 g/mol. The van der Waals surface area contributed by atoms with E-state index in [1.165, 1.54) is 12.1 Å². The Morgan fingerprint density at radius 2 is 1.61 bits per heavy atom. The summed E-state index contributed by atoms with van der Waals surface area (Å²) in [5, 5.41) is 0.401. The van der Waals surface area contributed by atoms with Crippen LogP contribution in [0.1, 0.15) is 11.5 Å². The first-order valence-corrected chi connectivity index (χ1v) is 6.83. The van der Waals surface area contributed by atoms with Crippen LogP contribution < -0.4 is 5.63 Å². The number of aromatic nitrogens is 1. The van der Waals surface area contributed by atoms with Crippen molar-refractivity contribution >= 4 is 22.1 Å². The molecule has 0 atom stereocenters. The van der Waals surface area contributed by atoms with E-state index in [4.69, 9.17) is 8.83 Å². The molecule has 0 aliphatic rings. The molecule has 0 bridgehead atoms. The number of rotatable bonds is 2. The Hall–Kier alpha value is -3.02. The lowest BCUT2D eigenvalue weighted by Crippen LogP contribution is -2.24. The summed E-state index contributed by atoms with van der Waals surface area (Å²) in [4.78, 5) is 15.7. The van der Waals surface area contributed by atoms with Crippen LogP contribution in [0.25, 0.3) is 22.1 Å². The van der Waals surface area contributed by atoms with Crippen LogP contribution in [0.5, 0.6) is 0 Å². The lowest BCUT2D eigenvalue weighted by molar-refractivity contribution is 0.0118. The average molecular weight is 313 g/mol. The molecule has 0 aliphatic heterocycles. The summed E-state index contributed by atoms with van der Waals surface area (Å²) >= 11 is 0. The van der Waals surface area contributed by atoms with Gasteiger partial charge in [-0.2, -0.15) is 8.78 Å². The molecule has 0 saturated heterocycles. The molecule has 4 aromatic rings. The highest BCUT2D eigenvalue weighted by Gasteiger charge is 2.43. The van der Waals surface area contributed by atoms with E-state index in [1.54, 1.807) is 36.4 Å². The highest BCUT2D eigenvalue weighted by Crippen LogP contribution is 2.35. The summed E-state index contributed by atoms with van der Waals surface area (Å²) in [5.74, 6) is -4.52. The first kappa shape index (κ1) is 13.6. The fraction of sp³-hybridized carbons (Fsp3) is 0.0588. The van der Waals surface area contributed by atoms with Gasteiger partial charge in [0.15, 0.2) is 5.58 Å². The maximum atomic E-state index is 14.7.